The fourth-order valence-electron chi connectivity index (χ4n) is 2.11. The number of H-pyrrole nitrogens is 1. The minimum absolute atomic E-state index is 0.0290. The summed E-state index contributed by atoms with van der Waals surface area (Å²) in [5.74, 6) is 0.802. The fraction of sp³-hybridized carbons (Fsp3) is 0.200. The molecule has 0 saturated heterocycles. The van der Waals surface area contributed by atoms with Gasteiger partial charge in [-0.3, -0.25) is 9.36 Å². The largest absolute Gasteiger partial charge is 0.353 e. The van der Waals surface area contributed by atoms with E-state index in [-0.39, 0.29) is 5.56 Å². The van der Waals surface area contributed by atoms with Gasteiger partial charge in [-0.1, -0.05) is 42.1 Å². The van der Waals surface area contributed by atoms with E-state index in [1.54, 1.807) is 23.4 Å². The third-order valence-electron chi connectivity index (χ3n) is 3.16. The monoisotopic (exact) mass is 285 g/mol. The highest BCUT2D eigenvalue weighted by atomic mass is 32.2. The third-order valence-corrected chi connectivity index (χ3v) is 4.26. The van der Waals surface area contributed by atoms with Gasteiger partial charge in [0.2, 0.25) is 0 Å². The number of nitrogens with one attached hydrogen (secondary N) is 1. The van der Waals surface area contributed by atoms with Crippen molar-refractivity contribution in [2.24, 2.45) is 7.05 Å². The molecule has 0 unspecified atom stereocenters. The zero-order valence-electron chi connectivity index (χ0n) is 11.4. The maximum absolute atomic E-state index is 12.3. The molecule has 5 heteroatoms. The normalized spacial score (nSPS) is 11.1. The van der Waals surface area contributed by atoms with Gasteiger partial charge in [0, 0.05) is 18.5 Å². The Morgan fingerprint density at radius 3 is 2.80 bits per heavy atom. The zero-order chi connectivity index (χ0) is 14.1. The van der Waals surface area contributed by atoms with Crippen LogP contribution in [0.1, 0.15) is 11.3 Å². The molecule has 4 nitrogen and oxygen atoms in total. The van der Waals surface area contributed by atoms with Crippen LogP contribution in [0.5, 0.6) is 0 Å². The molecule has 0 atom stereocenters. The van der Waals surface area contributed by atoms with Gasteiger partial charge in [0.05, 0.1) is 5.52 Å². The summed E-state index contributed by atoms with van der Waals surface area (Å²) in [6.45, 7) is 1.93. The second-order valence-electron chi connectivity index (χ2n) is 4.75. The van der Waals surface area contributed by atoms with Gasteiger partial charge in [0.25, 0.3) is 5.56 Å². The summed E-state index contributed by atoms with van der Waals surface area (Å²) in [7, 11) is 1.76. The van der Waals surface area contributed by atoms with Crippen molar-refractivity contribution in [3.63, 3.8) is 0 Å². The molecular weight excluding hydrogens is 270 g/mol. The Hall–Kier alpha value is -2.01. The molecule has 1 N–H and O–H groups in total. The lowest BCUT2D eigenvalue weighted by Gasteiger charge is -2.06. The number of hydrogen-bond donors (Lipinski definition) is 1. The first-order valence-corrected chi connectivity index (χ1v) is 7.37. The summed E-state index contributed by atoms with van der Waals surface area (Å²) in [5, 5.41) is 0.741. The minimum atomic E-state index is -0.0290. The van der Waals surface area contributed by atoms with Crippen LogP contribution in [0.2, 0.25) is 0 Å². The maximum atomic E-state index is 12.3. The molecule has 0 amide bonds. The average Bonchev–Trinajstić information content (AvgIpc) is 2.83. The number of rotatable bonds is 3. The molecule has 1 aromatic carbocycles. The van der Waals surface area contributed by atoms with E-state index in [1.807, 2.05) is 31.2 Å². The van der Waals surface area contributed by atoms with Gasteiger partial charge >= 0.3 is 0 Å². The van der Waals surface area contributed by atoms with E-state index in [2.05, 4.69) is 22.1 Å². The van der Waals surface area contributed by atoms with Gasteiger partial charge in [-0.15, -0.1) is 0 Å². The van der Waals surface area contributed by atoms with E-state index in [0.717, 1.165) is 22.1 Å². The molecule has 0 spiro atoms. The zero-order valence-corrected chi connectivity index (χ0v) is 12.2. The maximum Gasteiger partial charge on any atom is 0.278 e. The Morgan fingerprint density at radius 1 is 1.30 bits per heavy atom. The van der Waals surface area contributed by atoms with E-state index in [9.17, 15) is 4.79 Å². The van der Waals surface area contributed by atoms with Crippen molar-refractivity contribution in [2.75, 3.05) is 0 Å². The Morgan fingerprint density at radius 2 is 2.05 bits per heavy atom. The molecule has 0 radical (unpaired) electrons. The van der Waals surface area contributed by atoms with Crippen LogP contribution < -0.4 is 5.56 Å². The van der Waals surface area contributed by atoms with Crippen molar-refractivity contribution >= 4 is 22.8 Å². The Bertz CT molecular complexity index is 805. The van der Waals surface area contributed by atoms with Gasteiger partial charge < -0.3 is 4.98 Å². The first-order chi connectivity index (χ1) is 9.65. The van der Waals surface area contributed by atoms with E-state index < -0.39 is 0 Å². The average molecular weight is 285 g/mol. The predicted molar refractivity (Wildman–Crippen MR) is 82.1 cm³/mol. The molecule has 0 saturated carbocycles. The molecule has 20 heavy (non-hydrogen) atoms. The lowest BCUT2D eigenvalue weighted by Crippen LogP contribution is -2.19. The van der Waals surface area contributed by atoms with Crippen LogP contribution in [-0.4, -0.2) is 14.5 Å². The third kappa shape index (κ3) is 2.36. The van der Waals surface area contributed by atoms with Crippen LogP contribution in [0, 0.1) is 6.92 Å². The number of benzene rings is 1. The number of aromatic amines is 1. The molecule has 102 valence electrons. The Kier molecular flexibility index (Phi) is 3.36. The highest BCUT2D eigenvalue weighted by molar-refractivity contribution is 7.98. The molecule has 0 aliphatic rings. The van der Waals surface area contributed by atoms with Crippen LogP contribution >= 0.6 is 11.8 Å². The van der Waals surface area contributed by atoms with Crippen molar-refractivity contribution in [2.45, 2.75) is 17.8 Å². The molecule has 3 aromatic rings. The highest BCUT2D eigenvalue weighted by Gasteiger charge is 2.10. The predicted octanol–water partition coefficient (Wildman–Crippen LogP) is 2.86. The molecule has 2 aromatic heterocycles. The number of fused-ring (bicyclic) bond motifs is 1. The van der Waals surface area contributed by atoms with Crippen molar-refractivity contribution in [1.82, 2.24) is 14.5 Å². The lowest BCUT2D eigenvalue weighted by atomic mass is 10.2. The molecule has 2 heterocycles. The van der Waals surface area contributed by atoms with Crippen molar-refractivity contribution in [3.05, 3.63) is 58.0 Å². The van der Waals surface area contributed by atoms with Crippen LogP contribution in [0.15, 0.2) is 46.3 Å². The van der Waals surface area contributed by atoms with E-state index in [0.29, 0.717) is 5.52 Å². The summed E-state index contributed by atoms with van der Waals surface area (Å²) < 4.78 is 1.60. The highest BCUT2D eigenvalue weighted by Crippen LogP contribution is 2.21. The molecule has 0 fully saturated rings. The SMILES string of the molecule is Cc1cc2nc(SCc3ccccc3)n(C)c(=O)c2[nH]1. The van der Waals surface area contributed by atoms with Crippen LogP contribution in [0.4, 0.5) is 0 Å². The van der Waals surface area contributed by atoms with Crippen LogP contribution in [0.25, 0.3) is 11.0 Å². The number of hydrogen-bond acceptors (Lipinski definition) is 3. The first kappa shape index (κ1) is 13.0. The topological polar surface area (TPSA) is 50.7 Å². The van der Waals surface area contributed by atoms with Crippen molar-refractivity contribution < 1.29 is 0 Å². The van der Waals surface area contributed by atoms with Gasteiger partial charge in [-0.25, -0.2) is 4.98 Å². The summed E-state index contributed by atoms with van der Waals surface area (Å²) in [6, 6.07) is 12.1. The van der Waals surface area contributed by atoms with Crippen LogP contribution in [0.3, 0.4) is 0 Å². The van der Waals surface area contributed by atoms with Crippen molar-refractivity contribution in [3.8, 4) is 0 Å². The first-order valence-electron chi connectivity index (χ1n) is 6.38. The molecular formula is C15H15N3OS. The quantitative estimate of drug-likeness (QED) is 0.594. The van der Waals surface area contributed by atoms with Gasteiger partial charge in [-0.2, -0.15) is 0 Å². The molecule has 0 aliphatic heterocycles. The van der Waals surface area contributed by atoms with E-state index >= 15 is 0 Å². The summed E-state index contributed by atoms with van der Waals surface area (Å²) in [6.07, 6.45) is 0. The van der Waals surface area contributed by atoms with Gasteiger partial charge in [0.15, 0.2) is 5.16 Å². The molecule has 0 bridgehead atoms. The Balaban J connectivity index is 1.95. The molecule has 0 aliphatic carbocycles. The number of aromatic nitrogens is 3. The number of nitrogens with zero attached hydrogens (tertiary/aromatic N) is 2. The summed E-state index contributed by atoms with van der Waals surface area (Å²) in [5.41, 5.74) is 3.46. The van der Waals surface area contributed by atoms with E-state index in [4.69, 9.17) is 0 Å². The fourth-order valence-corrected chi connectivity index (χ4v) is 3.04. The second kappa shape index (κ2) is 5.17. The van der Waals surface area contributed by atoms with Crippen LogP contribution in [-0.2, 0) is 12.8 Å². The number of aryl methyl sites for hydroxylation is 1. The second-order valence-corrected chi connectivity index (χ2v) is 5.69. The smallest absolute Gasteiger partial charge is 0.278 e. The Labute approximate surface area is 120 Å². The molecule has 3 rings (SSSR count). The van der Waals surface area contributed by atoms with Gasteiger partial charge in [-0.05, 0) is 18.6 Å². The summed E-state index contributed by atoms with van der Waals surface area (Å²) >= 11 is 1.58. The minimum Gasteiger partial charge on any atom is -0.353 e. The lowest BCUT2D eigenvalue weighted by molar-refractivity contribution is 0.725. The summed E-state index contributed by atoms with van der Waals surface area (Å²) in [4.78, 5) is 19.9. The van der Waals surface area contributed by atoms with Gasteiger partial charge in [0.1, 0.15) is 5.52 Å². The standard InChI is InChI=1S/C15H15N3OS/c1-10-8-12-13(16-10)14(19)18(2)15(17-12)20-9-11-6-4-3-5-7-11/h3-8,16H,9H2,1-2H3. The van der Waals surface area contributed by atoms with Crippen molar-refractivity contribution in [1.29, 1.82) is 0 Å². The number of thioether (sulfide) groups is 1. The van der Waals surface area contributed by atoms with E-state index in [1.165, 1.54) is 5.56 Å².